The Morgan fingerprint density at radius 1 is 0.943 bits per heavy atom. The maximum Gasteiger partial charge on any atom is 0.308 e. The molecule has 6 aliphatic rings. The molecule has 7 heteroatoms. The summed E-state index contributed by atoms with van der Waals surface area (Å²) in [6, 6.07) is 5.73. The molecule has 5 saturated carbocycles. The Morgan fingerprint density at radius 3 is 2.06 bits per heavy atom. The van der Waals surface area contributed by atoms with Crippen LogP contribution in [0.4, 0.5) is 5.69 Å². The first-order valence-electron chi connectivity index (χ1n) is 13.3. The van der Waals surface area contributed by atoms with E-state index in [0.29, 0.717) is 29.2 Å². The molecule has 7 rings (SSSR count). The lowest BCUT2D eigenvalue weighted by molar-refractivity contribution is -0.164. The number of ether oxygens (including phenoxy) is 1. The van der Waals surface area contributed by atoms with Gasteiger partial charge in [-0.05, 0) is 93.4 Å². The first-order chi connectivity index (χ1) is 16.8. The van der Waals surface area contributed by atoms with Gasteiger partial charge in [0.25, 0.3) is 5.91 Å². The Labute approximate surface area is 206 Å². The third-order valence-electron chi connectivity index (χ3n) is 9.26. The number of nitrogens with zero attached hydrogens (tertiary/aromatic N) is 2. The van der Waals surface area contributed by atoms with E-state index in [4.69, 9.17) is 4.74 Å². The number of benzene rings is 1. The number of anilines is 1. The largest absolute Gasteiger partial charge is 0.427 e. The molecule has 4 bridgehead atoms. The van der Waals surface area contributed by atoms with Crippen molar-refractivity contribution in [2.75, 3.05) is 4.90 Å². The smallest absolute Gasteiger partial charge is 0.308 e. The van der Waals surface area contributed by atoms with E-state index in [1.165, 1.54) is 31.1 Å². The molecule has 1 aliphatic heterocycles. The van der Waals surface area contributed by atoms with E-state index in [1.807, 2.05) is 4.90 Å². The molecule has 0 aromatic heterocycles. The predicted octanol–water partition coefficient (Wildman–Crippen LogP) is 4.23. The molecule has 1 unspecified atom stereocenters. The maximum absolute atomic E-state index is 14.4. The van der Waals surface area contributed by atoms with Gasteiger partial charge in [0.1, 0.15) is 11.8 Å². The molecule has 35 heavy (non-hydrogen) atoms. The van der Waals surface area contributed by atoms with E-state index in [1.54, 1.807) is 24.3 Å². The van der Waals surface area contributed by atoms with Crippen LogP contribution in [0.3, 0.4) is 0 Å². The quantitative estimate of drug-likeness (QED) is 0.359. The number of esters is 1. The van der Waals surface area contributed by atoms with Gasteiger partial charge in [-0.25, -0.2) is 4.90 Å². The van der Waals surface area contributed by atoms with Gasteiger partial charge in [0.2, 0.25) is 11.8 Å². The molecule has 1 saturated heterocycles. The average molecular weight is 479 g/mol. The lowest BCUT2D eigenvalue weighted by Gasteiger charge is -2.57. The van der Waals surface area contributed by atoms with E-state index < -0.39 is 12.0 Å². The van der Waals surface area contributed by atoms with Crippen LogP contribution in [0.25, 0.3) is 0 Å². The van der Waals surface area contributed by atoms with E-state index in [-0.39, 0.29) is 35.6 Å². The monoisotopic (exact) mass is 478 g/mol. The summed E-state index contributed by atoms with van der Waals surface area (Å²) in [5.74, 6) is 1.43. The van der Waals surface area contributed by atoms with Gasteiger partial charge < -0.3 is 9.64 Å². The third-order valence-corrected chi connectivity index (χ3v) is 9.26. The van der Waals surface area contributed by atoms with E-state index in [9.17, 15) is 19.2 Å². The zero-order chi connectivity index (χ0) is 24.3. The van der Waals surface area contributed by atoms with Gasteiger partial charge in [-0.15, -0.1) is 0 Å². The van der Waals surface area contributed by atoms with Crippen LogP contribution in [0, 0.1) is 23.2 Å². The van der Waals surface area contributed by atoms with Crippen LogP contribution >= 0.6 is 0 Å². The van der Waals surface area contributed by atoms with Crippen molar-refractivity contribution >= 4 is 29.4 Å². The second-order valence-electron chi connectivity index (χ2n) is 11.7. The second kappa shape index (κ2) is 8.45. The molecular weight excluding hydrogens is 444 g/mol. The van der Waals surface area contributed by atoms with Crippen molar-refractivity contribution in [3.05, 3.63) is 24.3 Å². The molecule has 1 atom stereocenters. The fourth-order valence-corrected chi connectivity index (χ4v) is 8.32. The summed E-state index contributed by atoms with van der Waals surface area (Å²) in [5, 5.41) is 0. The Morgan fingerprint density at radius 2 is 1.51 bits per heavy atom. The molecule has 1 heterocycles. The highest BCUT2D eigenvalue weighted by Crippen LogP contribution is 2.61. The Balaban J connectivity index is 1.28. The second-order valence-corrected chi connectivity index (χ2v) is 11.7. The van der Waals surface area contributed by atoms with Gasteiger partial charge in [0, 0.05) is 13.0 Å². The molecular formula is C28H34N2O5. The summed E-state index contributed by atoms with van der Waals surface area (Å²) in [7, 11) is 0. The highest BCUT2D eigenvalue weighted by atomic mass is 16.5. The molecule has 1 aromatic carbocycles. The summed E-state index contributed by atoms with van der Waals surface area (Å²) >= 11 is 0. The molecule has 5 aliphatic carbocycles. The fraction of sp³-hybridized carbons (Fsp3) is 0.643. The lowest BCUT2D eigenvalue weighted by Crippen LogP contribution is -2.59. The van der Waals surface area contributed by atoms with Crippen molar-refractivity contribution in [3.63, 3.8) is 0 Å². The Kier molecular flexibility index (Phi) is 5.49. The molecule has 0 N–H and O–H groups in total. The molecule has 6 fully saturated rings. The van der Waals surface area contributed by atoms with Crippen LogP contribution in [0.2, 0.25) is 0 Å². The zero-order valence-corrected chi connectivity index (χ0v) is 20.4. The summed E-state index contributed by atoms with van der Waals surface area (Å²) in [4.78, 5) is 55.6. The summed E-state index contributed by atoms with van der Waals surface area (Å²) in [6.45, 7) is 1.32. The van der Waals surface area contributed by atoms with Gasteiger partial charge in [0.15, 0.2) is 0 Å². The lowest BCUT2D eigenvalue weighted by atomic mass is 9.49. The van der Waals surface area contributed by atoms with Crippen LogP contribution in [-0.4, -0.2) is 40.7 Å². The summed E-state index contributed by atoms with van der Waals surface area (Å²) in [6.07, 6.45) is 10.6. The van der Waals surface area contributed by atoms with Crippen molar-refractivity contribution < 1.29 is 23.9 Å². The first kappa shape index (κ1) is 22.7. The zero-order valence-electron chi connectivity index (χ0n) is 20.4. The summed E-state index contributed by atoms with van der Waals surface area (Å²) in [5.41, 5.74) is 0.117. The number of amides is 3. The Bertz CT molecular complexity index is 1020. The van der Waals surface area contributed by atoms with Crippen molar-refractivity contribution in [2.24, 2.45) is 23.2 Å². The predicted molar refractivity (Wildman–Crippen MR) is 128 cm³/mol. The maximum atomic E-state index is 14.4. The fourth-order valence-electron chi connectivity index (χ4n) is 8.32. The third kappa shape index (κ3) is 3.87. The van der Waals surface area contributed by atoms with E-state index >= 15 is 0 Å². The minimum absolute atomic E-state index is 0.0408. The standard InChI is InChI=1S/C28H34N2O5/c1-17(31)35-23-8-6-22(7-9-23)30-25(32)13-24(26(30)33)29(21-4-2-3-5-21)27(34)28-14-18-10-19(15-28)12-20(11-18)16-28/h6-9,18-21,24H,2-5,10-16H2,1H3. The van der Waals surface area contributed by atoms with E-state index in [0.717, 1.165) is 44.9 Å². The van der Waals surface area contributed by atoms with Gasteiger partial charge in [-0.2, -0.15) is 0 Å². The van der Waals surface area contributed by atoms with Crippen LogP contribution in [0.1, 0.15) is 77.6 Å². The molecule has 0 spiro atoms. The highest BCUT2D eigenvalue weighted by Gasteiger charge is 2.58. The number of imide groups is 1. The topological polar surface area (TPSA) is 84.0 Å². The van der Waals surface area contributed by atoms with Crippen LogP contribution < -0.4 is 9.64 Å². The van der Waals surface area contributed by atoms with Crippen molar-refractivity contribution in [3.8, 4) is 5.75 Å². The van der Waals surface area contributed by atoms with Gasteiger partial charge in [-0.1, -0.05) is 12.8 Å². The average Bonchev–Trinajstić information content (AvgIpc) is 3.42. The molecule has 0 radical (unpaired) electrons. The minimum Gasteiger partial charge on any atom is -0.427 e. The first-order valence-corrected chi connectivity index (χ1v) is 13.3. The molecule has 186 valence electrons. The van der Waals surface area contributed by atoms with Gasteiger partial charge in [-0.3, -0.25) is 19.2 Å². The van der Waals surface area contributed by atoms with Crippen molar-refractivity contribution in [1.82, 2.24) is 4.90 Å². The number of hydrogen-bond acceptors (Lipinski definition) is 5. The van der Waals surface area contributed by atoms with Crippen LogP contribution in [-0.2, 0) is 19.2 Å². The number of carbonyl (C=O) groups excluding carboxylic acids is 4. The van der Waals surface area contributed by atoms with Gasteiger partial charge >= 0.3 is 5.97 Å². The SMILES string of the molecule is CC(=O)Oc1ccc(N2C(=O)CC(N(C(=O)C34CC5CC(CC(C5)C3)C4)C3CCCC3)C2=O)cc1. The molecule has 3 amide bonds. The minimum atomic E-state index is -0.723. The van der Waals surface area contributed by atoms with Crippen molar-refractivity contribution in [2.45, 2.75) is 89.6 Å². The highest BCUT2D eigenvalue weighted by molar-refractivity contribution is 6.23. The summed E-state index contributed by atoms with van der Waals surface area (Å²) < 4.78 is 5.08. The number of rotatable bonds is 5. The Hall–Kier alpha value is -2.70. The van der Waals surface area contributed by atoms with Gasteiger partial charge in [0.05, 0.1) is 17.5 Å². The number of hydrogen-bond donors (Lipinski definition) is 0. The molecule has 7 nitrogen and oxygen atoms in total. The van der Waals surface area contributed by atoms with Crippen LogP contribution in [0.15, 0.2) is 24.3 Å². The number of carbonyl (C=O) groups is 4. The van der Waals surface area contributed by atoms with E-state index in [2.05, 4.69) is 0 Å². The van der Waals surface area contributed by atoms with Crippen molar-refractivity contribution in [1.29, 1.82) is 0 Å². The normalized spacial score (nSPS) is 34.0. The molecule has 1 aromatic rings. The van der Waals surface area contributed by atoms with Crippen LogP contribution in [0.5, 0.6) is 5.75 Å².